The second-order valence-electron chi connectivity index (χ2n) is 30.6. The summed E-state index contributed by atoms with van der Waals surface area (Å²) in [5, 5.41) is 7.09. The summed E-state index contributed by atoms with van der Waals surface area (Å²) in [4.78, 5) is 90.9. The Bertz CT molecular complexity index is 4400. The van der Waals surface area contributed by atoms with Gasteiger partial charge in [0.1, 0.15) is 61.1 Å². The molecule has 1 N–H and O–H groups in total. The van der Waals surface area contributed by atoms with Gasteiger partial charge in [-0.15, -0.1) is 6.58 Å². The second-order valence-corrected chi connectivity index (χ2v) is 32.9. The van der Waals surface area contributed by atoms with Gasteiger partial charge in [-0.25, -0.2) is 19.2 Å². The van der Waals surface area contributed by atoms with Gasteiger partial charge < -0.3 is 81.1 Å². The van der Waals surface area contributed by atoms with Gasteiger partial charge in [0, 0.05) is 11.8 Å². The topological polar surface area (TPSA) is 311 Å². The van der Waals surface area contributed by atoms with Crippen molar-refractivity contribution in [3.05, 3.63) is 268 Å². The van der Waals surface area contributed by atoms with Gasteiger partial charge in [0.15, 0.2) is 43.3 Å². The highest BCUT2D eigenvalue weighted by Crippen LogP contribution is 2.40. The zero-order chi connectivity index (χ0) is 87.8. The molecule has 3 heterocycles. The number of hydrogen-bond donors (Lipinski definition) is 1. The highest BCUT2D eigenvalue weighted by atomic mass is 35.6. The minimum atomic E-state index is -2.79. The van der Waals surface area contributed by atoms with Crippen LogP contribution in [0.25, 0.3) is 10.4 Å². The minimum absolute atomic E-state index is 0.00984. The largest absolute Gasteiger partial charge is 0.497 e. The van der Waals surface area contributed by atoms with E-state index in [2.05, 4.69) is 28.8 Å². The number of carbonyl (C=O) groups excluding carboxylic acids is 6. The fourth-order valence-electron chi connectivity index (χ4n) is 15.0. The maximum absolute atomic E-state index is 15.4. The molecule has 666 valence electrons. The summed E-state index contributed by atoms with van der Waals surface area (Å²) in [5.74, 6) is -4.97. The zero-order valence-corrected chi connectivity index (χ0v) is 72.7. The molecule has 0 aromatic heterocycles. The predicted molar refractivity (Wildman–Crippen MR) is 464 cm³/mol. The van der Waals surface area contributed by atoms with Crippen molar-refractivity contribution in [2.45, 2.75) is 251 Å². The van der Waals surface area contributed by atoms with Crippen LogP contribution in [0.4, 0.5) is 0 Å². The summed E-state index contributed by atoms with van der Waals surface area (Å²) in [6, 6.07) is 54.1. The smallest absolute Gasteiger partial charge is 0.338 e. The van der Waals surface area contributed by atoms with Crippen molar-refractivity contribution < 1.29 is 105 Å². The fourth-order valence-corrected chi connectivity index (χ4v) is 15.1. The van der Waals surface area contributed by atoms with Crippen molar-refractivity contribution in [3.63, 3.8) is 0 Å². The van der Waals surface area contributed by atoms with E-state index in [0.717, 1.165) is 44.1 Å². The molecule has 124 heavy (non-hydrogen) atoms. The number of azide groups is 1. The van der Waals surface area contributed by atoms with Gasteiger partial charge in [0.05, 0.1) is 81.2 Å². The highest BCUT2D eigenvalue weighted by Gasteiger charge is 2.59. The molecule has 7 aromatic carbocycles. The monoisotopic (exact) mass is 1770 g/mol. The summed E-state index contributed by atoms with van der Waals surface area (Å²) in [6.07, 6.45) is -5.75. The molecule has 0 saturated carbocycles. The number of hydrogen-bond acceptors (Lipinski definition) is 23. The van der Waals surface area contributed by atoms with Crippen LogP contribution in [0, 0.1) is 0 Å². The molecule has 7 aromatic rings. The Morgan fingerprint density at radius 2 is 0.960 bits per heavy atom. The van der Waals surface area contributed by atoms with Crippen LogP contribution in [0.2, 0.25) is 0 Å². The van der Waals surface area contributed by atoms with E-state index < -0.39 is 157 Å². The predicted octanol–water partition coefficient (Wildman–Crippen LogP) is 18.2. The van der Waals surface area contributed by atoms with Crippen LogP contribution < -0.4 is 10.1 Å². The number of halogens is 3. The van der Waals surface area contributed by atoms with Crippen molar-refractivity contribution in [1.29, 1.82) is 0 Å². The lowest BCUT2D eigenvalue weighted by atomic mass is 9.94. The summed E-state index contributed by atoms with van der Waals surface area (Å²) < 4.78 is 105. The summed E-state index contributed by atoms with van der Waals surface area (Å²) in [5.41, 5.74) is 13.1. The number of unbranched alkanes of at least 4 members (excludes halogenated alkanes) is 14. The molecule has 3 fully saturated rings. The van der Waals surface area contributed by atoms with Crippen molar-refractivity contribution >= 4 is 70.6 Å². The number of nitrogens with one attached hydrogen (secondary N) is 1. The zero-order valence-electron chi connectivity index (χ0n) is 70.4. The molecule has 0 bridgehead atoms. The number of benzene rings is 7. The first-order chi connectivity index (χ1) is 60.3. The number of methoxy groups -OCH3 is 1. The molecule has 0 spiro atoms. The van der Waals surface area contributed by atoms with E-state index in [1.807, 2.05) is 60.7 Å². The van der Waals surface area contributed by atoms with E-state index in [4.69, 9.17) is 111 Å². The maximum Gasteiger partial charge on any atom is 0.338 e. The number of carbonyl (C=O) groups is 6. The van der Waals surface area contributed by atoms with Crippen LogP contribution in [0.15, 0.2) is 224 Å². The molecule has 10 rings (SSSR count). The van der Waals surface area contributed by atoms with E-state index in [9.17, 15) is 19.9 Å². The van der Waals surface area contributed by atoms with Crippen molar-refractivity contribution in [2.24, 2.45) is 5.11 Å². The molecular weight excluding hydrogens is 1660 g/mol. The molecule has 3 saturated heterocycles. The minimum Gasteiger partial charge on any atom is -0.497 e. The molecule has 3 aliphatic rings. The average molecular weight is 1770 g/mol. The number of ether oxygens (including phenoxy) is 16. The average Bonchev–Trinajstić information content (AvgIpc) is 0.757. The Morgan fingerprint density at radius 1 is 0.492 bits per heavy atom. The quantitative estimate of drug-likeness (QED) is 0.00541. The van der Waals surface area contributed by atoms with Crippen LogP contribution in [0.3, 0.4) is 0 Å². The van der Waals surface area contributed by atoms with Gasteiger partial charge in [-0.05, 0) is 103 Å². The van der Waals surface area contributed by atoms with Crippen LogP contribution in [-0.4, -0.2) is 177 Å². The SMILES string of the molecule is C=CCO[C@@H]1[C@@H](O[C@@H]2[C@@H](NC(=O)C(Cl)(Cl)Cl)[C@H](O[C@@H]3[C@@H](OC[C@H](N=[N+]=[N-])[C@@H](CCCCCCCCCCCCCCCCC)OC(=O)c4ccccc4)O[C@H](COC(=O)c4ccccc4)[C@@H](OC(=O)c4ccccc4)[C@@H]3OC(=O)c3ccccc3)O[C@H](COCc3ccccc3)[C@H]2OCc2ccccc2)O[C@@H](C)[C@@H](OC(C)=O)[C@H]1OCc1ccc(OC)cc1. The Kier molecular flexibility index (Phi) is 40.6. The van der Waals surface area contributed by atoms with Crippen LogP contribution in [0.1, 0.15) is 182 Å². The van der Waals surface area contributed by atoms with E-state index in [0.29, 0.717) is 23.3 Å². The number of nitrogens with zero attached hydrogens (tertiary/aromatic N) is 3. The first-order valence-electron chi connectivity index (χ1n) is 42.5. The number of esters is 5. The van der Waals surface area contributed by atoms with Gasteiger partial charge in [0.2, 0.25) is 0 Å². The summed E-state index contributed by atoms with van der Waals surface area (Å²) in [7, 11) is 1.54. The van der Waals surface area contributed by atoms with E-state index >= 15 is 14.4 Å². The van der Waals surface area contributed by atoms with Crippen LogP contribution >= 0.6 is 34.8 Å². The second kappa shape index (κ2) is 52.0. The van der Waals surface area contributed by atoms with E-state index in [1.165, 1.54) is 108 Å². The van der Waals surface area contributed by atoms with Gasteiger partial charge in [-0.3, -0.25) is 9.59 Å². The van der Waals surface area contributed by atoms with Crippen molar-refractivity contribution in [2.75, 3.05) is 33.5 Å². The van der Waals surface area contributed by atoms with E-state index in [1.54, 1.807) is 116 Å². The first-order valence-corrected chi connectivity index (χ1v) is 43.7. The van der Waals surface area contributed by atoms with Gasteiger partial charge in [0.25, 0.3) is 9.70 Å². The Hall–Kier alpha value is -9.32. The molecule has 29 heteroatoms. The third kappa shape index (κ3) is 30.5. The molecule has 26 nitrogen and oxygen atoms in total. The highest BCUT2D eigenvalue weighted by molar-refractivity contribution is 6.76. The lowest BCUT2D eigenvalue weighted by Crippen LogP contribution is -2.71. The van der Waals surface area contributed by atoms with Crippen molar-refractivity contribution in [3.8, 4) is 5.75 Å². The van der Waals surface area contributed by atoms with Gasteiger partial charge >= 0.3 is 29.8 Å². The Labute approximate surface area is 740 Å². The van der Waals surface area contributed by atoms with Gasteiger partial charge in [-0.1, -0.05) is 288 Å². The third-order valence-corrected chi connectivity index (χ3v) is 21.9. The molecular formula is C95H113Cl3N4O22. The Balaban J connectivity index is 1.11. The lowest BCUT2D eigenvalue weighted by molar-refractivity contribution is -0.375. The number of amides is 1. The van der Waals surface area contributed by atoms with Crippen LogP contribution in [0.5, 0.6) is 5.75 Å². The van der Waals surface area contributed by atoms with Gasteiger partial charge in [-0.2, -0.15) is 0 Å². The molecule has 0 radical (unpaired) electrons. The standard InChI is InChI=1S/C95H113Cl3N4O22/c1-6-8-9-10-11-12-13-14-15-16-17-18-19-20-39-52-75(118-88(105)70-46-33-24-34-47-70)74(101-102-99)61-115-92-86(84(122-90(107)72-50-37-26-38-51-72)81(121-89(106)71-48-35-25-36-49-71)77(120-92)63-114-87(104)69-44-31-23-32-45-69)124-91-78(100-94(108)95(96,97)98)82(80(112-59-67-42-29-22-30-43-67)76(119-91)62-110-58-66-40-27-21-28-41-66)123-93-85(111-57-7-2)83(79(64(3)116-93)117-65(4)103)113-60-68-53-55-73(109-5)56-54-68/h7,21-38,40-51,53-56,64,74-86,91-93H,2,6,8-20,39,52,57-63H2,1,3-5H3,(H,100,108)/t64-,74-,75+,76+,77+,78+,79+,80+,81+,82+,83+,84-,85-,86-,91-,92-,93+/m0/s1. The number of rotatable bonds is 50. The summed E-state index contributed by atoms with van der Waals surface area (Å²) >= 11 is 19.9. The normalized spacial score (nSPS) is 22.9. The molecule has 0 aliphatic carbocycles. The summed E-state index contributed by atoms with van der Waals surface area (Å²) in [6.45, 7) is 6.84. The van der Waals surface area contributed by atoms with Crippen molar-refractivity contribution in [1.82, 2.24) is 5.32 Å². The lowest BCUT2D eigenvalue weighted by Gasteiger charge is -2.51. The van der Waals surface area contributed by atoms with Crippen LogP contribution in [-0.2, 0) is 100 Å². The number of alkyl halides is 3. The molecule has 3 aliphatic heterocycles. The molecule has 17 atom stereocenters. The maximum atomic E-state index is 15.4. The molecule has 1 amide bonds. The van der Waals surface area contributed by atoms with E-state index in [-0.39, 0.29) is 61.7 Å². The molecule has 0 unspecified atom stereocenters. The first kappa shape index (κ1) is 96.9. The Morgan fingerprint density at radius 3 is 1.48 bits per heavy atom. The third-order valence-electron chi connectivity index (χ3n) is 21.4. The fraction of sp³-hybridized carbons (Fsp3) is 0.474.